The molecule has 2 heterocycles. The molecule has 0 saturated carbocycles. The Morgan fingerprint density at radius 3 is 2.25 bits per heavy atom. The lowest BCUT2D eigenvalue weighted by Crippen LogP contribution is -2.30. The maximum atomic E-state index is 14.2. The van der Waals surface area contributed by atoms with Crippen molar-refractivity contribution in [2.45, 2.75) is 17.6 Å². The molecule has 0 aliphatic heterocycles. The Hall–Kier alpha value is -6.05. The van der Waals surface area contributed by atoms with E-state index in [9.17, 15) is 26.9 Å². The first-order chi connectivity index (χ1) is 24.5. The minimum Gasteiger partial charge on any atom is -0.497 e. The summed E-state index contributed by atoms with van der Waals surface area (Å²) in [4.78, 5) is 3.93. The molecular weight excluding hydrogens is 706 g/mol. The zero-order valence-electron chi connectivity index (χ0n) is 26.7. The molecule has 16 heteroatoms. The molecule has 0 amide bonds. The van der Waals surface area contributed by atoms with Gasteiger partial charge >= 0.3 is 6.18 Å². The molecule has 6 rings (SSSR count). The Kier molecular flexibility index (Phi) is 9.85. The average molecular weight is 731 g/mol. The summed E-state index contributed by atoms with van der Waals surface area (Å²) in [5.74, 6) is 1.24. The molecule has 2 aromatic heterocycles. The number of hydrogen-bond donors (Lipinski definition) is 0. The number of aromatic nitrogens is 4. The quantitative estimate of drug-likeness (QED) is 0.130. The number of anilines is 1. The van der Waals surface area contributed by atoms with Crippen molar-refractivity contribution in [2.24, 2.45) is 0 Å². The van der Waals surface area contributed by atoms with E-state index in [1.807, 2.05) is 6.07 Å². The summed E-state index contributed by atoms with van der Waals surface area (Å²) in [6.45, 7) is -0.167. The van der Waals surface area contributed by atoms with E-state index in [-0.39, 0.29) is 33.6 Å². The molecule has 0 fully saturated rings. The van der Waals surface area contributed by atoms with Crippen LogP contribution in [0.2, 0.25) is 0 Å². The molecule has 0 aliphatic rings. The van der Waals surface area contributed by atoms with Gasteiger partial charge in [0.25, 0.3) is 10.0 Å². The van der Waals surface area contributed by atoms with Crippen molar-refractivity contribution in [3.8, 4) is 51.3 Å². The molecule has 0 atom stereocenters. The van der Waals surface area contributed by atoms with E-state index in [0.717, 1.165) is 28.0 Å². The van der Waals surface area contributed by atoms with E-state index in [4.69, 9.17) is 14.2 Å². The first-order valence-corrected chi connectivity index (χ1v) is 17.0. The lowest BCUT2D eigenvalue weighted by Gasteiger charge is -2.23. The first-order valence-electron chi connectivity index (χ1n) is 14.8. The van der Waals surface area contributed by atoms with E-state index in [2.05, 4.69) is 19.6 Å². The smallest absolute Gasteiger partial charge is 0.416 e. The number of nitrogens with zero attached hydrogens (tertiary/aromatic N) is 6. The first kappa shape index (κ1) is 34.8. The van der Waals surface area contributed by atoms with E-state index in [0.29, 0.717) is 39.3 Å². The topological polar surface area (TPSA) is 140 Å². The van der Waals surface area contributed by atoms with Crippen molar-refractivity contribution in [1.29, 1.82) is 5.26 Å². The zero-order valence-corrected chi connectivity index (χ0v) is 28.3. The molecule has 0 bridgehead atoms. The van der Waals surface area contributed by atoms with Gasteiger partial charge in [0.2, 0.25) is 5.13 Å². The van der Waals surface area contributed by atoms with E-state index in [1.165, 1.54) is 63.3 Å². The summed E-state index contributed by atoms with van der Waals surface area (Å²) >= 11 is 0.879. The van der Waals surface area contributed by atoms with Crippen molar-refractivity contribution < 1.29 is 35.8 Å². The molecule has 51 heavy (non-hydrogen) atoms. The monoisotopic (exact) mass is 730 g/mol. The number of rotatable bonds is 11. The number of methoxy groups -OCH3 is 2. The summed E-state index contributed by atoms with van der Waals surface area (Å²) in [5.41, 5.74) is 1.86. The Morgan fingerprint density at radius 2 is 1.61 bits per heavy atom. The van der Waals surface area contributed by atoms with Crippen LogP contribution in [-0.2, 0) is 22.7 Å². The Morgan fingerprint density at radius 1 is 0.843 bits per heavy atom. The number of nitriles is 1. The lowest BCUT2D eigenvalue weighted by molar-refractivity contribution is -0.137. The molecule has 0 radical (unpaired) electrons. The minimum atomic E-state index is -4.47. The third-order valence-corrected chi connectivity index (χ3v) is 10.2. The van der Waals surface area contributed by atoms with Crippen LogP contribution in [0.3, 0.4) is 0 Å². The Bertz CT molecular complexity index is 2320. The van der Waals surface area contributed by atoms with Gasteiger partial charge in [0.15, 0.2) is 0 Å². The van der Waals surface area contributed by atoms with Gasteiger partial charge in [-0.1, -0.05) is 18.2 Å². The van der Waals surface area contributed by atoms with Crippen LogP contribution < -0.4 is 18.5 Å². The Labute approximate surface area is 294 Å². The maximum Gasteiger partial charge on any atom is 0.416 e. The molecular formula is C35H25F3N6O5S2. The van der Waals surface area contributed by atoms with Crippen molar-refractivity contribution in [1.82, 2.24) is 19.6 Å². The van der Waals surface area contributed by atoms with Gasteiger partial charge in [0, 0.05) is 34.3 Å². The lowest BCUT2D eigenvalue weighted by atomic mass is 9.98. The molecule has 4 aromatic carbocycles. The van der Waals surface area contributed by atoms with Crippen LogP contribution in [0.5, 0.6) is 23.0 Å². The van der Waals surface area contributed by atoms with Gasteiger partial charge in [0.05, 0.1) is 49.2 Å². The van der Waals surface area contributed by atoms with Gasteiger partial charge in [-0.2, -0.15) is 33.0 Å². The van der Waals surface area contributed by atoms with Crippen molar-refractivity contribution in [3.05, 3.63) is 120 Å². The summed E-state index contributed by atoms with van der Waals surface area (Å²) in [6, 6.07) is 22.3. The van der Waals surface area contributed by atoms with Crippen LogP contribution in [0.1, 0.15) is 16.7 Å². The van der Waals surface area contributed by atoms with E-state index < -0.39 is 21.8 Å². The number of sulfonamides is 1. The molecule has 0 saturated heterocycles. The average Bonchev–Trinajstić information content (AvgIpc) is 3.68. The third kappa shape index (κ3) is 7.44. The van der Waals surface area contributed by atoms with Crippen LogP contribution in [0.25, 0.3) is 22.3 Å². The van der Waals surface area contributed by atoms with Crippen LogP contribution in [0.15, 0.2) is 109 Å². The number of halogens is 3. The second-order valence-corrected chi connectivity index (χ2v) is 13.3. The SMILES string of the molecule is COc1ccc(CN(c2ncns2)S(=O)(=O)c2ccc(Oc3ccc(-c4ccc(C(F)(F)F)cc4)cc3-c3ccnnc3)c(C#N)c2)c(OC)c1. The molecule has 258 valence electrons. The molecule has 0 unspecified atom stereocenters. The van der Waals surface area contributed by atoms with Crippen molar-refractivity contribution in [2.75, 3.05) is 18.5 Å². The Balaban J connectivity index is 1.35. The van der Waals surface area contributed by atoms with E-state index >= 15 is 0 Å². The second kappa shape index (κ2) is 14.4. The molecule has 0 N–H and O–H groups in total. The molecule has 11 nitrogen and oxygen atoms in total. The van der Waals surface area contributed by atoms with Crippen molar-refractivity contribution >= 4 is 26.7 Å². The highest BCUT2D eigenvalue weighted by Gasteiger charge is 2.31. The van der Waals surface area contributed by atoms with Crippen LogP contribution in [0.4, 0.5) is 18.3 Å². The molecule has 0 aliphatic carbocycles. The maximum absolute atomic E-state index is 14.2. The normalized spacial score (nSPS) is 11.5. The zero-order chi connectivity index (χ0) is 36.2. The molecule has 0 spiro atoms. The number of benzene rings is 4. The summed E-state index contributed by atoms with van der Waals surface area (Å²) in [5, 5.41) is 18.0. The third-order valence-electron chi connectivity index (χ3n) is 7.67. The summed E-state index contributed by atoms with van der Waals surface area (Å²) in [7, 11) is -1.36. The predicted octanol–water partition coefficient (Wildman–Crippen LogP) is 7.76. The summed E-state index contributed by atoms with van der Waals surface area (Å²) in [6.07, 6.45) is -0.281. The highest BCUT2D eigenvalue weighted by Crippen LogP contribution is 2.39. The number of alkyl halides is 3. The van der Waals surface area contributed by atoms with Gasteiger partial charge in [0.1, 0.15) is 35.4 Å². The van der Waals surface area contributed by atoms with Gasteiger partial charge in [-0.3, -0.25) is 0 Å². The fourth-order valence-electron chi connectivity index (χ4n) is 5.09. The predicted molar refractivity (Wildman–Crippen MR) is 182 cm³/mol. The van der Waals surface area contributed by atoms with Gasteiger partial charge < -0.3 is 14.2 Å². The minimum absolute atomic E-state index is 0.0567. The summed E-state index contributed by atoms with van der Waals surface area (Å²) < 4.78 is 89.8. The van der Waals surface area contributed by atoms with Gasteiger partial charge in [-0.05, 0) is 71.8 Å². The van der Waals surface area contributed by atoms with Gasteiger partial charge in [-0.25, -0.2) is 17.7 Å². The van der Waals surface area contributed by atoms with E-state index in [1.54, 1.807) is 42.5 Å². The highest BCUT2D eigenvalue weighted by molar-refractivity contribution is 7.93. The van der Waals surface area contributed by atoms with Crippen LogP contribution in [-0.4, -0.2) is 42.2 Å². The second-order valence-electron chi connectivity index (χ2n) is 10.7. The van der Waals surface area contributed by atoms with Crippen molar-refractivity contribution in [3.63, 3.8) is 0 Å². The molecule has 6 aromatic rings. The van der Waals surface area contributed by atoms with Crippen LogP contribution in [0, 0.1) is 11.3 Å². The van der Waals surface area contributed by atoms with Crippen LogP contribution >= 0.6 is 11.5 Å². The number of hydrogen-bond acceptors (Lipinski definition) is 11. The standard InChI is InChI=1S/C35H25F3N6O5S2/c1-47-28-9-5-25(33(17-28)48-2)20-44(34-40-21-43-50-34)51(45,46)29-10-12-31(26(15-29)18-39)49-32-11-6-23(16-30(32)24-13-14-41-42-19-24)22-3-7-27(8-4-22)35(36,37)38/h3-17,19,21H,20H2,1-2H3. The fourth-order valence-corrected chi connectivity index (χ4v) is 7.24. The van der Waals surface area contributed by atoms with Gasteiger partial charge in [-0.15, -0.1) is 0 Å². The fraction of sp³-hybridized carbons (Fsp3) is 0.114. The number of ether oxygens (including phenoxy) is 3. The highest BCUT2D eigenvalue weighted by atomic mass is 32.2. The largest absolute Gasteiger partial charge is 0.497 e.